The van der Waals surface area contributed by atoms with Crippen LogP contribution in [-0.2, 0) is 11.0 Å². The Balaban J connectivity index is 1.59. The summed E-state index contributed by atoms with van der Waals surface area (Å²) in [6, 6.07) is 11.2. The van der Waals surface area contributed by atoms with Crippen molar-refractivity contribution < 1.29 is 27.5 Å². The van der Waals surface area contributed by atoms with Gasteiger partial charge >= 0.3 is 6.18 Å². The molecule has 8 heteroatoms. The number of hydrogen-bond acceptors (Lipinski definition) is 3. The van der Waals surface area contributed by atoms with Crippen molar-refractivity contribution >= 4 is 17.5 Å². The third-order valence-electron chi connectivity index (χ3n) is 3.87. The van der Waals surface area contributed by atoms with Crippen molar-refractivity contribution in [3.8, 4) is 5.75 Å². The molecule has 0 aromatic heterocycles. The highest BCUT2D eigenvalue weighted by Gasteiger charge is 2.34. The van der Waals surface area contributed by atoms with Crippen LogP contribution < -0.4 is 15.4 Å². The second kappa shape index (κ2) is 7.69. The first-order chi connectivity index (χ1) is 12.8. The van der Waals surface area contributed by atoms with Gasteiger partial charge in [-0.3, -0.25) is 9.59 Å². The molecule has 142 valence electrons. The van der Waals surface area contributed by atoms with Crippen molar-refractivity contribution in [3.05, 3.63) is 59.7 Å². The van der Waals surface area contributed by atoms with Gasteiger partial charge in [0, 0.05) is 17.3 Å². The fraction of sp³-hybridized carbons (Fsp3) is 0.263. The molecule has 2 amide bonds. The Bertz CT molecular complexity index is 848. The van der Waals surface area contributed by atoms with Gasteiger partial charge in [-0.25, -0.2) is 0 Å². The van der Waals surface area contributed by atoms with Crippen LogP contribution in [0, 0.1) is 0 Å². The Kier molecular flexibility index (Phi) is 5.34. The van der Waals surface area contributed by atoms with Crippen molar-refractivity contribution in [1.29, 1.82) is 0 Å². The van der Waals surface area contributed by atoms with Gasteiger partial charge in [0.15, 0.2) is 6.61 Å². The summed E-state index contributed by atoms with van der Waals surface area (Å²) in [5, 5.41) is 5.34. The maximum absolute atomic E-state index is 12.9. The summed E-state index contributed by atoms with van der Waals surface area (Å²) in [5.74, 6) is -1.28. The average Bonchev–Trinajstić information content (AvgIpc) is 3.43. The van der Waals surface area contributed by atoms with Crippen molar-refractivity contribution in [2.45, 2.75) is 25.1 Å². The third kappa shape index (κ3) is 5.22. The fourth-order valence-electron chi connectivity index (χ4n) is 2.40. The van der Waals surface area contributed by atoms with E-state index in [0.717, 1.165) is 25.0 Å². The summed E-state index contributed by atoms with van der Waals surface area (Å²) in [6.45, 7) is -0.592. The molecule has 2 aromatic carbocycles. The van der Waals surface area contributed by atoms with Crippen LogP contribution >= 0.6 is 0 Å². The molecule has 0 heterocycles. The number of para-hydroxylation sites is 1. The molecule has 0 bridgehead atoms. The topological polar surface area (TPSA) is 67.4 Å². The Hall–Kier alpha value is -3.03. The van der Waals surface area contributed by atoms with Gasteiger partial charge in [0.05, 0.1) is 5.56 Å². The molecule has 0 saturated heterocycles. The predicted octanol–water partition coefficient (Wildman–Crippen LogP) is 3.62. The number of nitrogens with one attached hydrogen (secondary N) is 2. The van der Waals surface area contributed by atoms with Gasteiger partial charge in [0.25, 0.3) is 11.8 Å². The highest BCUT2D eigenvalue weighted by atomic mass is 19.4. The van der Waals surface area contributed by atoms with E-state index in [0.29, 0.717) is 11.3 Å². The van der Waals surface area contributed by atoms with E-state index in [-0.39, 0.29) is 11.9 Å². The van der Waals surface area contributed by atoms with E-state index in [2.05, 4.69) is 10.6 Å². The summed E-state index contributed by atoms with van der Waals surface area (Å²) in [6.07, 6.45) is -2.66. The molecule has 0 spiro atoms. The van der Waals surface area contributed by atoms with E-state index in [9.17, 15) is 22.8 Å². The van der Waals surface area contributed by atoms with Gasteiger partial charge in [0.2, 0.25) is 0 Å². The zero-order valence-corrected chi connectivity index (χ0v) is 14.2. The number of hydrogen-bond donors (Lipinski definition) is 2. The van der Waals surface area contributed by atoms with Crippen LogP contribution in [-0.4, -0.2) is 24.5 Å². The van der Waals surface area contributed by atoms with Crippen LogP contribution in [0.2, 0.25) is 0 Å². The van der Waals surface area contributed by atoms with Crippen LogP contribution in [0.1, 0.15) is 28.8 Å². The lowest BCUT2D eigenvalue weighted by atomic mass is 10.2. The van der Waals surface area contributed by atoms with Gasteiger partial charge in [-0.1, -0.05) is 18.2 Å². The predicted molar refractivity (Wildman–Crippen MR) is 92.5 cm³/mol. The van der Waals surface area contributed by atoms with E-state index in [1.54, 1.807) is 18.2 Å². The molecule has 0 aliphatic heterocycles. The lowest BCUT2D eigenvalue weighted by Crippen LogP contribution is -2.25. The highest BCUT2D eigenvalue weighted by molar-refractivity contribution is 5.97. The summed E-state index contributed by atoms with van der Waals surface area (Å²) in [5.41, 5.74) is -0.198. The fourth-order valence-corrected chi connectivity index (χ4v) is 2.40. The molecule has 1 fully saturated rings. The largest absolute Gasteiger partial charge is 0.483 e. The van der Waals surface area contributed by atoms with Gasteiger partial charge < -0.3 is 15.4 Å². The number of benzene rings is 2. The van der Waals surface area contributed by atoms with E-state index >= 15 is 0 Å². The standard InChI is InChI=1S/C19H17F3N2O3/c20-19(21,22)15-6-1-2-7-16(15)27-11-17(25)23-14-5-3-4-12(10-14)18(26)24-13-8-9-13/h1-7,10,13H,8-9,11H2,(H,23,25)(H,24,26). The van der Waals surface area contributed by atoms with Gasteiger partial charge in [-0.2, -0.15) is 13.2 Å². The number of anilines is 1. The van der Waals surface area contributed by atoms with Crippen molar-refractivity contribution in [2.24, 2.45) is 0 Å². The number of amides is 2. The Morgan fingerprint density at radius 1 is 1.07 bits per heavy atom. The third-order valence-corrected chi connectivity index (χ3v) is 3.87. The van der Waals surface area contributed by atoms with Crippen LogP contribution in [0.15, 0.2) is 48.5 Å². The normalized spacial score (nSPS) is 13.7. The monoisotopic (exact) mass is 378 g/mol. The van der Waals surface area contributed by atoms with Crippen LogP contribution in [0.5, 0.6) is 5.75 Å². The van der Waals surface area contributed by atoms with Crippen molar-refractivity contribution in [1.82, 2.24) is 5.32 Å². The number of halogens is 3. The molecule has 0 unspecified atom stereocenters. The molecule has 5 nitrogen and oxygen atoms in total. The molecule has 27 heavy (non-hydrogen) atoms. The van der Waals surface area contributed by atoms with E-state index in [4.69, 9.17) is 4.74 Å². The zero-order chi connectivity index (χ0) is 19.4. The molecule has 0 atom stereocenters. The second-order valence-electron chi connectivity index (χ2n) is 6.16. The molecule has 2 aromatic rings. The number of rotatable bonds is 6. The first-order valence-corrected chi connectivity index (χ1v) is 8.33. The molecule has 1 aliphatic rings. The number of carbonyl (C=O) groups excluding carboxylic acids is 2. The van der Waals surface area contributed by atoms with Crippen LogP contribution in [0.4, 0.5) is 18.9 Å². The van der Waals surface area contributed by atoms with Crippen LogP contribution in [0.25, 0.3) is 0 Å². The first-order valence-electron chi connectivity index (χ1n) is 8.33. The molecule has 3 rings (SSSR count). The van der Waals surface area contributed by atoms with E-state index in [1.165, 1.54) is 18.2 Å². The van der Waals surface area contributed by atoms with E-state index in [1.807, 2.05) is 0 Å². The Morgan fingerprint density at radius 3 is 2.52 bits per heavy atom. The summed E-state index contributed by atoms with van der Waals surface area (Å²) in [4.78, 5) is 24.0. The minimum Gasteiger partial charge on any atom is -0.483 e. The second-order valence-corrected chi connectivity index (χ2v) is 6.16. The molecule has 2 N–H and O–H groups in total. The number of ether oxygens (including phenoxy) is 1. The summed E-state index contributed by atoms with van der Waals surface area (Å²) in [7, 11) is 0. The average molecular weight is 378 g/mol. The molecular formula is C19H17F3N2O3. The number of alkyl halides is 3. The van der Waals surface area contributed by atoms with Gasteiger partial charge in [0.1, 0.15) is 5.75 Å². The SMILES string of the molecule is O=C(COc1ccccc1C(F)(F)F)Nc1cccc(C(=O)NC2CC2)c1. The maximum Gasteiger partial charge on any atom is 0.419 e. The summed E-state index contributed by atoms with van der Waals surface area (Å²) >= 11 is 0. The van der Waals surface area contributed by atoms with Gasteiger partial charge in [-0.05, 0) is 43.2 Å². The summed E-state index contributed by atoms with van der Waals surface area (Å²) < 4.78 is 43.8. The maximum atomic E-state index is 12.9. The van der Waals surface area contributed by atoms with Crippen LogP contribution in [0.3, 0.4) is 0 Å². The van der Waals surface area contributed by atoms with Gasteiger partial charge in [-0.15, -0.1) is 0 Å². The lowest BCUT2D eigenvalue weighted by Gasteiger charge is -2.13. The smallest absolute Gasteiger partial charge is 0.419 e. The highest BCUT2D eigenvalue weighted by Crippen LogP contribution is 2.35. The number of carbonyl (C=O) groups is 2. The molecular weight excluding hydrogens is 361 g/mol. The first kappa shape index (κ1) is 18.8. The molecule has 0 radical (unpaired) electrons. The molecule has 1 saturated carbocycles. The van der Waals surface area contributed by atoms with Crippen molar-refractivity contribution in [2.75, 3.05) is 11.9 Å². The quantitative estimate of drug-likeness (QED) is 0.807. The van der Waals surface area contributed by atoms with Crippen molar-refractivity contribution in [3.63, 3.8) is 0 Å². The lowest BCUT2D eigenvalue weighted by molar-refractivity contribution is -0.139. The minimum atomic E-state index is -4.57. The van der Waals surface area contributed by atoms with E-state index < -0.39 is 30.0 Å². The zero-order valence-electron chi connectivity index (χ0n) is 14.2. The molecule has 1 aliphatic carbocycles. The Morgan fingerprint density at radius 2 is 1.81 bits per heavy atom. The minimum absolute atomic E-state index is 0.206. The Labute approximate surface area is 153 Å².